The highest BCUT2D eigenvalue weighted by Gasteiger charge is 2.04. The van der Waals surface area contributed by atoms with Crippen LogP contribution >= 0.6 is 0 Å². The first-order valence-electron chi connectivity index (χ1n) is 6.25. The predicted octanol–water partition coefficient (Wildman–Crippen LogP) is 4.48. The molecule has 0 heterocycles. The van der Waals surface area contributed by atoms with Crippen LogP contribution in [0.25, 0.3) is 0 Å². The van der Waals surface area contributed by atoms with E-state index in [2.05, 4.69) is 5.16 Å². The molecule has 0 fully saturated rings. The van der Waals surface area contributed by atoms with E-state index in [1.54, 1.807) is 12.1 Å². The summed E-state index contributed by atoms with van der Waals surface area (Å²) < 4.78 is 24.7. The Hall–Kier alpha value is -2.23. The number of benzene rings is 2. The second kappa shape index (κ2) is 6.80. The Morgan fingerprint density at radius 1 is 1.10 bits per heavy atom. The molecule has 4 heteroatoms. The molecule has 0 aliphatic rings. The van der Waals surface area contributed by atoms with Crippen LogP contribution in [-0.4, -0.2) is 6.21 Å². The Labute approximate surface area is 116 Å². The van der Waals surface area contributed by atoms with E-state index in [0.29, 0.717) is 6.61 Å². The molecule has 0 unspecified atom stereocenters. The molecule has 0 N–H and O–H groups in total. The van der Waals surface area contributed by atoms with E-state index in [-0.39, 0.29) is 5.56 Å². The zero-order valence-electron chi connectivity index (χ0n) is 11.1. The maximum Gasteiger partial charge on any atom is 0.263 e. The summed E-state index contributed by atoms with van der Waals surface area (Å²) in [5.41, 5.74) is 2.93. The summed E-state index contributed by atoms with van der Waals surface area (Å²) in [6.45, 7) is 2.39. The first-order chi connectivity index (χ1) is 9.66. The minimum Gasteiger partial charge on any atom is -0.391 e. The van der Waals surface area contributed by atoms with E-state index in [1.807, 2.05) is 31.2 Å². The van der Waals surface area contributed by atoms with Crippen molar-refractivity contribution < 1.29 is 13.6 Å². The molecule has 0 radical (unpaired) electrons. The molecule has 0 atom stereocenters. The van der Waals surface area contributed by atoms with Gasteiger partial charge in [-0.3, -0.25) is 0 Å². The van der Waals surface area contributed by atoms with Gasteiger partial charge in [0.2, 0.25) is 0 Å². The standard InChI is InChI=1S/C16H15F2NO/c1-12-4-2-3-5-15(12)11-20-19-10-13-6-8-14(9-7-13)16(17)18/h2-10,16H,11H2,1H3. The molecule has 2 rings (SSSR count). The van der Waals surface area contributed by atoms with Crippen LogP contribution in [-0.2, 0) is 11.4 Å². The van der Waals surface area contributed by atoms with Gasteiger partial charge in [-0.1, -0.05) is 53.7 Å². The second-order valence-electron chi connectivity index (χ2n) is 4.40. The van der Waals surface area contributed by atoms with Gasteiger partial charge in [-0.25, -0.2) is 8.78 Å². The van der Waals surface area contributed by atoms with E-state index in [4.69, 9.17) is 4.84 Å². The van der Waals surface area contributed by atoms with Crippen molar-refractivity contribution in [2.45, 2.75) is 20.0 Å². The van der Waals surface area contributed by atoms with Gasteiger partial charge >= 0.3 is 0 Å². The lowest BCUT2D eigenvalue weighted by atomic mass is 10.1. The number of alkyl halides is 2. The van der Waals surface area contributed by atoms with E-state index in [1.165, 1.54) is 18.3 Å². The molecule has 0 saturated carbocycles. The molecule has 0 bridgehead atoms. The second-order valence-corrected chi connectivity index (χ2v) is 4.40. The molecule has 0 aliphatic heterocycles. The highest BCUT2D eigenvalue weighted by molar-refractivity contribution is 5.79. The Kier molecular flexibility index (Phi) is 4.82. The Bertz CT molecular complexity index is 579. The highest BCUT2D eigenvalue weighted by Crippen LogP contribution is 2.18. The molecular formula is C16H15F2NO. The van der Waals surface area contributed by atoms with Gasteiger partial charge in [0.25, 0.3) is 6.43 Å². The average Bonchev–Trinajstić information content (AvgIpc) is 2.46. The van der Waals surface area contributed by atoms with Crippen molar-refractivity contribution in [2.75, 3.05) is 0 Å². The third-order valence-corrected chi connectivity index (χ3v) is 2.95. The molecule has 2 aromatic carbocycles. The van der Waals surface area contributed by atoms with Crippen LogP contribution in [0, 0.1) is 6.92 Å². The van der Waals surface area contributed by atoms with Gasteiger partial charge in [-0.05, 0) is 23.6 Å². The van der Waals surface area contributed by atoms with Crippen LogP contribution in [0.15, 0.2) is 53.7 Å². The third-order valence-electron chi connectivity index (χ3n) is 2.95. The van der Waals surface area contributed by atoms with Gasteiger partial charge in [-0.2, -0.15) is 0 Å². The summed E-state index contributed by atoms with van der Waals surface area (Å²) in [5, 5.41) is 3.84. The van der Waals surface area contributed by atoms with Crippen molar-refractivity contribution in [1.29, 1.82) is 0 Å². The maximum absolute atomic E-state index is 12.4. The zero-order valence-corrected chi connectivity index (χ0v) is 11.1. The lowest BCUT2D eigenvalue weighted by molar-refractivity contribution is 0.131. The number of hydrogen-bond acceptors (Lipinski definition) is 2. The van der Waals surface area contributed by atoms with Crippen molar-refractivity contribution in [1.82, 2.24) is 0 Å². The molecular weight excluding hydrogens is 260 g/mol. The van der Waals surface area contributed by atoms with E-state index in [0.717, 1.165) is 16.7 Å². The summed E-state index contributed by atoms with van der Waals surface area (Å²) in [7, 11) is 0. The minimum atomic E-state index is -2.45. The van der Waals surface area contributed by atoms with Gasteiger partial charge in [0, 0.05) is 5.56 Å². The quantitative estimate of drug-likeness (QED) is 0.582. The largest absolute Gasteiger partial charge is 0.391 e. The fourth-order valence-corrected chi connectivity index (χ4v) is 1.70. The Balaban J connectivity index is 1.89. The van der Waals surface area contributed by atoms with Gasteiger partial charge in [-0.15, -0.1) is 0 Å². The number of hydrogen-bond donors (Lipinski definition) is 0. The normalized spacial score (nSPS) is 11.2. The topological polar surface area (TPSA) is 21.6 Å². The van der Waals surface area contributed by atoms with Crippen LogP contribution in [0.3, 0.4) is 0 Å². The third kappa shape index (κ3) is 3.88. The number of rotatable bonds is 5. The molecule has 104 valence electrons. The van der Waals surface area contributed by atoms with Crippen LogP contribution in [0.1, 0.15) is 28.7 Å². The van der Waals surface area contributed by atoms with Crippen molar-refractivity contribution in [3.8, 4) is 0 Å². The SMILES string of the molecule is Cc1ccccc1CON=Cc1ccc(C(F)F)cc1. The Morgan fingerprint density at radius 3 is 2.45 bits per heavy atom. The summed E-state index contributed by atoms with van der Waals surface area (Å²) in [6, 6.07) is 13.8. The highest BCUT2D eigenvalue weighted by atomic mass is 19.3. The fourth-order valence-electron chi connectivity index (χ4n) is 1.70. The molecule has 20 heavy (non-hydrogen) atoms. The predicted molar refractivity (Wildman–Crippen MR) is 75.0 cm³/mol. The molecule has 2 aromatic rings. The van der Waals surface area contributed by atoms with Crippen molar-refractivity contribution >= 4 is 6.21 Å². The number of halogens is 2. The number of aryl methyl sites for hydroxylation is 1. The fraction of sp³-hybridized carbons (Fsp3) is 0.188. The average molecular weight is 275 g/mol. The van der Waals surface area contributed by atoms with Crippen LogP contribution in [0.5, 0.6) is 0 Å². The van der Waals surface area contributed by atoms with Gasteiger partial charge in [0.1, 0.15) is 6.61 Å². The first-order valence-corrected chi connectivity index (χ1v) is 6.25. The first kappa shape index (κ1) is 14.2. The molecule has 0 amide bonds. The molecule has 2 nitrogen and oxygen atoms in total. The monoisotopic (exact) mass is 275 g/mol. The van der Waals surface area contributed by atoms with Gasteiger partial charge < -0.3 is 4.84 Å². The number of nitrogens with zero attached hydrogens (tertiary/aromatic N) is 1. The van der Waals surface area contributed by atoms with Crippen LogP contribution < -0.4 is 0 Å². The van der Waals surface area contributed by atoms with Crippen LogP contribution in [0.4, 0.5) is 8.78 Å². The lowest BCUT2D eigenvalue weighted by Crippen LogP contribution is -1.91. The lowest BCUT2D eigenvalue weighted by Gasteiger charge is -2.03. The van der Waals surface area contributed by atoms with Gasteiger partial charge in [0.05, 0.1) is 6.21 Å². The van der Waals surface area contributed by atoms with Gasteiger partial charge in [0.15, 0.2) is 0 Å². The van der Waals surface area contributed by atoms with Crippen molar-refractivity contribution in [2.24, 2.45) is 5.16 Å². The molecule has 0 aliphatic carbocycles. The zero-order chi connectivity index (χ0) is 14.4. The minimum absolute atomic E-state index is 0.00276. The maximum atomic E-state index is 12.4. The molecule has 0 spiro atoms. The summed E-state index contributed by atoms with van der Waals surface area (Å²) in [5.74, 6) is 0. The molecule has 0 aromatic heterocycles. The Morgan fingerprint density at radius 2 is 1.80 bits per heavy atom. The van der Waals surface area contributed by atoms with Crippen LogP contribution in [0.2, 0.25) is 0 Å². The van der Waals surface area contributed by atoms with Crippen molar-refractivity contribution in [3.05, 3.63) is 70.8 Å². The van der Waals surface area contributed by atoms with E-state index < -0.39 is 6.43 Å². The summed E-state index contributed by atoms with van der Waals surface area (Å²) in [4.78, 5) is 5.20. The summed E-state index contributed by atoms with van der Waals surface area (Å²) >= 11 is 0. The molecule has 0 saturated heterocycles. The number of oxime groups is 1. The van der Waals surface area contributed by atoms with E-state index in [9.17, 15) is 8.78 Å². The van der Waals surface area contributed by atoms with E-state index >= 15 is 0 Å². The summed E-state index contributed by atoms with van der Waals surface area (Å²) in [6.07, 6.45) is -0.939. The smallest absolute Gasteiger partial charge is 0.263 e. The van der Waals surface area contributed by atoms with Crippen molar-refractivity contribution in [3.63, 3.8) is 0 Å².